The largest absolute Gasteiger partial charge is 0.508 e. The molecule has 0 aliphatic carbocycles. The lowest BCUT2D eigenvalue weighted by Crippen LogP contribution is -1.81. The van der Waals surface area contributed by atoms with Gasteiger partial charge in [0.2, 0.25) is 0 Å². The van der Waals surface area contributed by atoms with Crippen LogP contribution in [0.2, 0.25) is 0 Å². The Morgan fingerprint density at radius 3 is 2.69 bits per heavy atom. The Bertz CT molecular complexity index is 411. The highest BCUT2D eigenvalue weighted by atomic mass is 16.3. The Kier molecular flexibility index (Phi) is 1.63. The molecule has 0 spiro atoms. The lowest BCUT2D eigenvalue weighted by molar-refractivity contribution is 0.451. The van der Waals surface area contributed by atoms with Crippen molar-refractivity contribution in [1.29, 1.82) is 0 Å². The van der Waals surface area contributed by atoms with Crippen LogP contribution in [0.1, 0.15) is 0 Å². The van der Waals surface area contributed by atoms with Crippen molar-refractivity contribution in [3.8, 4) is 22.9 Å². The molecular formula is C8H7N3O2. The van der Waals surface area contributed by atoms with E-state index in [1.54, 1.807) is 6.07 Å². The molecule has 1 heterocycles. The molecule has 0 radical (unpaired) electrons. The Morgan fingerprint density at radius 1 is 1.23 bits per heavy atom. The summed E-state index contributed by atoms with van der Waals surface area (Å²) >= 11 is 0. The minimum atomic E-state index is -0.0420. The predicted molar refractivity (Wildman–Crippen MR) is 45.1 cm³/mol. The average Bonchev–Trinajstić information content (AvgIpc) is 2.56. The van der Waals surface area contributed by atoms with Gasteiger partial charge in [0.05, 0.1) is 5.56 Å². The van der Waals surface area contributed by atoms with E-state index in [1.807, 2.05) is 0 Å². The highest BCUT2D eigenvalue weighted by Crippen LogP contribution is 2.28. The Hall–Kier alpha value is -2.04. The van der Waals surface area contributed by atoms with E-state index in [9.17, 15) is 5.11 Å². The number of hydrogen-bond donors (Lipinski definition) is 3. The molecule has 0 aliphatic rings. The molecule has 0 bridgehead atoms. The smallest absolute Gasteiger partial charge is 0.184 e. The second-order valence-electron chi connectivity index (χ2n) is 2.52. The van der Waals surface area contributed by atoms with Crippen LogP contribution in [0, 0.1) is 0 Å². The fraction of sp³-hybridized carbons (Fsp3) is 0. The van der Waals surface area contributed by atoms with Crippen LogP contribution in [0.3, 0.4) is 0 Å². The van der Waals surface area contributed by atoms with Gasteiger partial charge in [-0.25, -0.2) is 4.98 Å². The van der Waals surface area contributed by atoms with Crippen LogP contribution in [0.5, 0.6) is 11.5 Å². The van der Waals surface area contributed by atoms with Crippen LogP contribution in [0.4, 0.5) is 0 Å². The molecule has 0 unspecified atom stereocenters. The lowest BCUT2D eigenvalue weighted by Gasteiger charge is -1.99. The quantitative estimate of drug-likeness (QED) is 0.604. The third-order valence-corrected chi connectivity index (χ3v) is 1.64. The lowest BCUT2D eigenvalue weighted by atomic mass is 10.2. The predicted octanol–water partition coefficient (Wildman–Crippen LogP) is 0.883. The van der Waals surface area contributed by atoms with Gasteiger partial charge in [-0.05, 0) is 12.1 Å². The van der Waals surface area contributed by atoms with Crippen LogP contribution < -0.4 is 0 Å². The number of aromatic nitrogens is 3. The first-order valence-corrected chi connectivity index (χ1v) is 3.65. The standard InChI is InChI=1S/C8H7N3O2/c12-5-1-2-6(7(13)3-5)8-9-4-10-11-8/h1-4,12-13H,(H,9,10,11). The summed E-state index contributed by atoms with van der Waals surface area (Å²) in [5.41, 5.74) is 0.485. The van der Waals surface area contributed by atoms with E-state index in [4.69, 9.17) is 5.11 Å². The van der Waals surface area contributed by atoms with E-state index in [-0.39, 0.29) is 11.5 Å². The highest BCUT2D eigenvalue weighted by molar-refractivity contribution is 5.64. The van der Waals surface area contributed by atoms with Crippen molar-refractivity contribution in [3.63, 3.8) is 0 Å². The third kappa shape index (κ3) is 1.31. The first-order chi connectivity index (χ1) is 6.27. The number of H-pyrrole nitrogens is 1. The Labute approximate surface area is 73.7 Å². The van der Waals surface area contributed by atoms with Gasteiger partial charge in [0.15, 0.2) is 5.82 Å². The van der Waals surface area contributed by atoms with Crippen molar-refractivity contribution in [1.82, 2.24) is 15.2 Å². The molecule has 0 saturated heterocycles. The number of rotatable bonds is 1. The first-order valence-electron chi connectivity index (χ1n) is 3.65. The van der Waals surface area contributed by atoms with Gasteiger partial charge in [-0.2, -0.15) is 5.10 Å². The van der Waals surface area contributed by atoms with E-state index in [1.165, 1.54) is 18.5 Å². The van der Waals surface area contributed by atoms with Gasteiger partial charge >= 0.3 is 0 Å². The summed E-state index contributed by atoms with van der Waals surface area (Å²) in [5.74, 6) is 0.369. The molecule has 1 aromatic heterocycles. The number of hydrogen-bond acceptors (Lipinski definition) is 4. The summed E-state index contributed by atoms with van der Waals surface area (Å²) in [4.78, 5) is 3.87. The molecule has 66 valence electrons. The second kappa shape index (κ2) is 2.78. The molecule has 5 nitrogen and oxygen atoms in total. The molecule has 0 saturated carbocycles. The summed E-state index contributed by atoms with van der Waals surface area (Å²) in [6.07, 6.45) is 1.42. The van der Waals surface area contributed by atoms with Crippen LogP contribution in [-0.2, 0) is 0 Å². The number of phenolic OH excluding ortho intramolecular Hbond substituents is 2. The van der Waals surface area contributed by atoms with Crippen molar-refractivity contribution in [2.45, 2.75) is 0 Å². The summed E-state index contributed by atoms with van der Waals surface area (Å²) in [6, 6.07) is 4.25. The van der Waals surface area contributed by atoms with Gasteiger partial charge in [-0.15, -0.1) is 0 Å². The van der Waals surface area contributed by atoms with Gasteiger partial charge in [-0.1, -0.05) is 0 Å². The molecule has 1 aromatic carbocycles. The summed E-state index contributed by atoms with van der Waals surface area (Å²) in [6.45, 7) is 0. The fourth-order valence-corrected chi connectivity index (χ4v) is 1.05. The summed E-state index contributed by atoms with van der Waals surface area (Å²) in [7, 11) is 0. The zero-order valence-electron chi connectivity index (χ0n) is 6.60. The molecular weight excluding hydrogens is 170 g/mol. The minimum absolute atomic E-state index is 0.0109. The van der Waals surface area contributed by atoms with E-state index < -0.39 is 0 Å². The van der Waals surface area contributed by atoms with Gasteiger partial charge in [0, 0.05) is 6.07 Å². The first kappa shape index (κ1) is 7.60. The van der Waals surface area contributed by atoms with Crippen LogP contribution >= 0.6 is 0 Å². The Morgan fingerprint density at radius 2 is 2.08 bits per heavy atom. The molecule has 0 fully saturated rings. The summed E-state index contributed by atoms with van der Waals surface area (Å²) < 4.78 is 0. The van der Waals surface area contributed by atoms with Crippen molar-refractivity contribution < 1.29 is 10.2 Å². The monoisotopic (exact) mass is 177 g/mol. The number of nitrogens with zero attached hydrogens (tertiary/aromatic N) is 2. The van der Waals surface area contributed by atoms with Gasteiger partial charge in [0.1, 0.15) is 17.8 Å². The van der Waals surface area contributed by atoms with Gasteiger partial charge < -0.3 is 10.2 Å². The number of benzene rings is 1. The third-order valence-electron chi connectivity index (χ3n) is 1.64. The molecule has 3 N–H and O–H groups in total. The number of nitrogens with one attached hydrogen (secondary N) is 1. The van der Waals surface area contributed by atoms with Crippen molar-refractivity contribution in [3.05, 3.63) is 24.5 Å². The van der Waals surface area contributed by atoms with Gasteiger partial charge in [-0.3, -0.25) is 5.10 Å². The highest BCUT2D eigenvalue weighted by Gasteiger charge is 2.07. The second-order valence-corrected chi connectivity index (χ2v) is 2.52. The van der Waals surface area contributed by atoms with E-state index in [0.29, 0.717) is 11.4 Å². The number of aromatic amines is 1. The average molecular weight is 177 g/mol. The maximum atomic E-state index is 9.41. The molecule has 0 aliphatic heterocycles. The topological polar surface area (TPSA) is 82.0 Å². The molecule has 2 rings (SSSR count). The molecule has 5 heteroatoms. The van der Waals surface area contributed by atoms with E-state index in [0.717, 1.165) is 0 Å². The fourth-order valence-electron chi connectivity index (χ4n) is 1.05. The molecule has 0 atom stereocenters. The summed E-state index contributed by atoms with van der Waals surface area (Å²) in [5, 5.41) is 24.8. The zero-order chi connectivity index (χ0) is 9.26. The number of aromatic hydroxyl groups is 2. The Balaban J connectivity index is 2.53. The van der Waals surface area contributed by atoms with Crippen molar-refractivity contribution in [2.24, 2.45) is 0 Å². The minimum Gasteiger partial charge on any atom is -0.508 e. The van der Waals surface area contributed by atoms with E-state index in [2.05, 4.69) is 15.2 Å². The zero-order valence-corrected chi connectivity index (χ0v) is 6.60. The molecule has 13 heavy (non-hydrogen) atoms. The normalized spacial score (nSPS) is 10.2. The van der Waals surface area contributed by atoms with Crippen LogP contribution in [-0.4, -0.2) is 25.4 Å². The van der Waals surface area contributed by atoms with Crippen LogP contribution in [0.25, 0.3) is 11.4 Å². The molecule has 2 aromatic rings. The van der Waals surface area contributed by atoms with Crippen molar-refractivity contribution in [2.75, 3.05) is 0 Å². The maximum Gasteiger partial charge on any atom is 0.184 e. The van der Waals surface area contributed by atoms with E-state index >= 15 is 0 Å². The van der Waals surface area contributed by atoms with Gasteiger partial charge in [0.25, 0.3) is 0 Å². The SMILES string of the molecule is Oc1ccc(-c2nc[nH]n2)c(O)c1. The van der Waals surface area contributed by atoms with Crippen molar-refractivity contribution >= 4 is 0 Å². The maximum absolute atomic E-state index is 9.41. The number of phenols is 2. The molecule has 0 amide bonds. The van der Waals surface area contributed by atoms with Crippen LogP contribution in [0.15, 0.2) is 24.5 Å².